The molecule has 1 rings (SSSR count). The van der Waals surface area contributed by atoms with Gasteiger partial charge in [0.2, 0.25) is 0 Å². The summed E-state index contributed by atoms with van der Waals surface area (Å²) >= 11 is 3.52. The van der Waals surface area contributed by atoms with E-state index < -0.39 is 0 Å². The van der Waals surface area contributed by atoms with Gasteiger partial charge in [-0.2, -0.15) is 0 Å². The fraction of sp³-hybridized carbons (Fsp3) is 0.600. The Morgan fingerprint density at radius 1 is 1.22 bits per heavy atom. The number of aliphatic hydroxyl groups is 1. The van der Waals surface area contributed by atoms with Crippen molar-refractivity contribution in [1.29, 1.82) is 0 Å². The number of rotatable bonds is 7. The third kappa shape index (κ3) is 3.99. The van der Waals surface area contributed by atoms with Crippen molar-refractivity contribution in [3.8, 4) is 0 Å². The summed E-state index contributed by atoms with van der Waals surface area (Å²) in [7, 11) is 0. The van der Waals surface area contributed by atoms with Crippen molar-refractivity contribution in [2.24, 2.45) is 5.92 Å². The summed E-state index contributed by atoms with van der Waals surface area (Å²) in [5.74, 6) is 0.751. The molecule has 2 nitrogen and oxygen atoms in total. The predicted octanol–water partition coefficient (Wildman–Crippen LogP) is 4.20. The molecule has 0 aliphatic heterocycles. The lowest BCUT2D eigenvalue weighted by Crippen LogP contribution is -2.28. The maximum Gasteiger partial charge on any atom is 0.0692 e. The highest BCUT2D eigenvalue weighted by molar-refractivity contribution is 9.10. The molecular formula is C15H24BrNO. The fourth-order valence-electron chi connectivity index (χ4n) is 2.14. The maximum absolute atomic E-state index is 9.18. The molecular weight excluding hydrogens is 290 g/mol. The molecule has 102 valence electrons. The van der Waals surface area contributed by atoms with Gasteiger partial charge in [-0.1, -0.05) is 48.7 Å². The van der Waals surface area contributed by atoms with Crippen LogP contribution in [0.25, 0.3) is 0 Å². The van der Waals surface area contributed by atoms with Crippen LogP contribution in [-0.2, 0) is 6.61 Å². The molecule has 0 heterocycles. The summed E-state index contributed by atoms with van der Waals surface area (Å²) in [5, 5.41) is 9.18. The molecule has 18 heavy (non-hydrogen) atoms. The largest absolute Gasteiger partial charge is 0.392 e. The van der Waals surface area contributed by atoms with Gasteiger partial charge in [0.15, 0.2) is 0 Å². The van der Waals surface area contributed by atoms with Crippen LogP contribution in [0.15, 0.2) is 22.7 Å². The lowest BCUT2D eigenvalue weighted by atomic mass is 10.0. The number of hydrogen-bond acceptors (Lipinski definition) is 2. The molecule has 0 fully saturated rings. The van der Waals surface area contributed by atoms with E-state index >= 15 is 0 Å². The van der Waals surface area contributed by atoms with Crippen LogP contribution in [-0.4, -0.2) is 18.2 Å². The Bertz CT molecular complexity index is 364. The van der Waals surface area contributed by atoms with E-state index in [1.54, 1.807) is 0 Å². The van der Waals surface area contributed by atoms with Crippen LogP contribution in [0.4, 0.5) is 5.69 Å². The van der Waals surface area contributed by atoms with Crippen molar-refractivity contribution in [3.63, 3.8) is 0 Å². The Morgan fingerprint density at radius 2 is 1.89 bits per heavy atom. The van der Waals surface area contributed by atoms with Crippen LogP contribution >= 0.6 is 15.9 Å². The molecule has 1 aromatic rings. The SMILES string of the molecule is CCC(CC)CN(CC)c1ccc(CO)c(Br)c1. The third-order valence-corrected chi connectivity index (χ3v) is 4.33. The van der Waals surface area contributed by atoms with Gasteiger partial charge in [0.05, 0.1) is 6.61 Å². The number of anilines is 1. The van der Waals surface area contributed by atoms with E-state index in [2.05, 4.69) is 53.7 Å². The quantitative estimate of drug-likeness (QED) is 0.815. The van der Waals surface area contributed by atoms with Gasteiger partial charge < -0.3 is 10.0 Å². The Kier molecular flexibility index (Phi) is 6.72. The second-order valence-corrected chi connectivity index (χ2v) is 5.51. The first-order chi connectivity index (χ1) is 8.65. The molecule has 0 atom stereocenters. The Labute approximate surface area is 119 Å². The van der Waals surface area contributed by atoms with Crippen molar-refractivity contribution >= 4 is 21.6 Å². The van der Waals surface area contributed by atoms with E-state index in [-0.39, 0.29) is 6.61 Å². The molecule has 0 unspecified atom stereocenters. The smallest absolute Gasteiger partial charge is 0.0692 e. The first-order valence-electron chi connectivity index (χ1n) is 6.80. The summed E-state index contributed by atoms with van der Waals surface area (Å²) in [6, 6.07) is 6.20. The van der Waals surface area contributed by atoms with Gasteiger partial charge in [-0.25, -0.2) is 0 Å². The highest BCUT2D eigenvalue weighted by Crippen LogP contribution is 2.25. The van der Waals surface area contributed by atoms with Crippen molar-refractivity contribution in [2.75, 3.05) is 18.0 Å². The van der Waals surface area contributed by atoms with E-state index in [9.17, 15) is 5.11 Å². The van der Waals surface area contributed by atoms with Gasteiger partial charge in [-0.3, -0.25) is 0 Å². The van der Waals surface area contributed by atoms with Gasteiger partial charge in [-0.15, -0.1) is 0 Å². The molecule has 0 aliphatic rings. The minimum Gasteiger partial charge on any atom is -0.392 e. The van der Waals surface area contributed by atoms with Crippen LogP contribution in [0.3, 0.4) is 0 Å². The molecule has 0 aromatic heterocycles. The summed E-state index contributed by atoms with van der Waals surface area (Å²) in [5.41, 5.74) is 2.17. The Balaban J connectivity index is 2.84. The highest BCUT2D eigenvalue weighted by atomic mass is 79.9. The van der Waals surface area contributed by atoms with Crippen LogP contribution in [0.5, 0.6) is 0 Å². The minimum atomic E-state index is 0.0829. The van der Waals surface area contributed by atoms with Crippen molar-refractivity contribution in [1.82, 2.24) is 0 Å². The van der Waals surface area contributed by atoms with Crippen LogP contribution in [0, 0.1) is 5.92 Å². The van der Waals surface area contributed by atoms with E-state index in [1.165, 1.54) is 18.5 Å². The molecule has 0 bridgehead atoms. The van der Waals surface area contributed by atoms with Gasteiger partial charge in [0.1, 0.15) is 0 Å². The molecule has 0 saturated heterocycles. The molecule has 3 heteroatoms. The molecule has 0 saturated carbocycles. The summed E-state index contributed by atoms with van der Waals surface area (Å²) in [6.07, 6.45) is 2.45. The van der Waals surface area contributed by atoms with Crippen LogP contribution < -0.4 is 4.90 Å². The summed E-state index contributed by atoms with van der Waals surface area (Å²) < 4.78 is 0.991. The zero-order chi connectivity index (χ0) is 13.5. The van der Waals surface area contributed by atoms with E-state index in [1.807, 2.05) is 6.07 Å². The first-order valence-corrected chi connectivity index (χ1v) is 7.59. The second-order valence-electron chi connectivity index (χ2n) is 4.65. The fourth-order valence-corrected chi connectivity index (χ4v) is 2.63. The molecule has 0 spiro atoms. The first kappa shape index (κ1) is 15.5. The average Bonchev–Trinajstić information content (AvgIpc) is 2.40. The lowest BCUT2D eigenvalue weighted by molar-refractivity contribution is 0.281. The minimum absolute atomic E-state index is 0.0829. The number of hydrogen-bond donors (Lipinski definition) is 1. The molecule has 1 N–H and O–H groups in total. The molecule has 0 aliphatic carbocycles. The third-order valence-electron chi connectivity index (χ3n) is 3.59. The van der Waals surface area contributed by atoms with Gasteiger partial charge in [-0.05, 0) is 30.5 Å². The van der Waals surface area contributed by atoms with E-state index in [4.69, 9.17) is 0 Å². The van der Waals surface area contributed by atoms with Gasteiger partial charge in [0, 0.05) is 23.2 Å². The zero-order valence-electron chi connectivity index (χ0n) is 11.6. The monoisotopic (exact) mass is 313 g/mol. The Morgan fingerprint density at radius 3 is 2.33 bits per heavy atom. The average molecular weight is 314 g/mol. The van der Waals surface area contributed by atoms with Gasteiger partial charge >= 0.3 is 0 Å². The number of benzene rings is 1. The topological polar surface area (TPSA) is 23.5 Å². The maximum atomic E-state index is 9.18. The molecule has 0 radical (unpaired) electrons. The Hall–Kier alpha value is -0.540. The predicted molar refractivity (Wildman–Crippen MR) is 82.0 cm³/mol. The highest BCUT2D eigenvalue weighted by Gasteiger charge is 2.11. The summed E-state index contributed by atoms with van der Waals surface area (Å²) in [4.78, 5) is 2.41. The van der Waals surface area contributed by atoms with Crippen LogP contribution in [0.2, 0.25) is 0 Å². The van der Waals surface area contributed by atoms with Crippen molar-refractivity contribution in [3.05, 3.63) is 28.2 Å². The lowest BCUT2D eigenvalue weighted by Gasteiger charge is -2.28. The normalized spacial score (nSPS) is 11.0. The van der Waals surface area contributed by atoms with Crippen LogP contribution in [0.1, 0.15) is 39.2 Å². The van der Waals surface area contributed by atoms with Crippen molar-refractivity contribution < 1.29 is 5.11 Å². The number of halogens is 1. The molecule has 0 amide bonds. The number of nitrogens with zero attached hydrogens (tertiary/aromatic N) is 1. The summed E-state index contributed by atoms with van der Waals surface area (Å²) in [6.45, 7) is 8.91. The molecule has 1 aromatic carbocycles. The van der Waals surface area contributed by atoms with Gasteiger partial charge in [0.25, 0.3) is 0 Å². The standard InChI is InChI=1S/C15H24BrNO/c1-4-12(5-2)10-17(6-3)14-8-7-13(11-18)15(16)9-14/h7-9,12,18H,4-6,10-11H2,1-3H3. The zero-order valence-corrected chi connectivity index (χ0v) is 13.2. The van der Waals surface area contributed by atoms with E-state index in [0.29, 0.717) is 0 Å². The number of aliphatic hydroxyl groups excluding tert-OH is 1. The second kappa shape index (κ2) is 7.80. The van der Waals surface area contributed by atoms with Crippen molar-refractivity contribution in [2.45, 2.75) is 40.2 Å². The van der Waals surface area contributed by atoms with E-state index in [0.717, 1.165) is 29.0 Å².